The molecule has 1 aromatic rings. The van der Waals surface area contributed by atoms with E-state index in [1.54, 1.807) is 4.90 Å². The minimum Gasteiger partial charge on any atom is -0.435 e. The van der Waals surface area contributed by atoms with Gasteiger partial charge in [-0.15, -0.1) is 0 Å². The predicted octanol–water partition coefficient (Wildman–Crippen LogP) is 3.12. The molecule has 0 saturated carbocycles. The van der Waals surface area contributed by atoms with E-state index in [9.17, 15) is 18.4 Å². The van der Waals surface area contributed by atoms with Crippen molar-refractivity contribution >= 4 is 17.5 Å². The number of benzene rings is 1. The fourth-order valence-electron chi connectivity index (χ4n) is 2.69. The first-order valence-corrected chi connectivity index (χ1v) is 8.01. The SMILES string of the molecule is CC(C)C(=O)N1CCC(C(=O)Nc2ccc(OC(F)F)cc2)CC1. The molecule has 0 spiro atoms. The van der Waals surface area contributed by atoms with Gasteiger partial charge in [0.2, 0.25) is 11.8 Å². The van der Waals surface area contributed by atoms with Gasteiger partial charge in [0.1, 0.15) is 5.75 Å². The van der Waals surface area contributed by atoms with Gasteiger partial charge in [-0.25, -0.2) is 0 Å². The van der Waals surface area contributed by atoms with Gasteiger partial charge in [0, 0.05) is 30.6 Å². The van der Waals surface area contributed by atoms with Crippen molar-refractivity contribution in [2.24, 2.45) is 11.8 Å². The summed E-state index contributed by atoms with van der Waals surface area (Å²) < 4.78 is 28.4. The molecule has 2 rings (SSSR count). The van der Waals surface area contributed by atoms with Crippen LogP contribution in [0.4, 0.5) is 14.5 Å². The Hall–Kier alpha value is -2.18. The van der Waals surface area contributed by atoms with Crippen LogP contribution in [0.25, 0.3) is 0 Å². The van der Waals surface area contributed by atoms with Crippen LogP contribution in [0, 0.1) is 11.8 Å². The Morgan fingerprint density at radius 2 is 1.75 bits per heavy atom. The van der Waals surface area contributed by atoms with E-state index in [1.165, 1.54) is 24.3 Å². The van der Waals surface area contributed by atoms with E-state index in [-0.39, 0.29) is 29.4 Å². The third-order valence-electron chi connectivity index (χ3n) is 4.02. The Morgan fingerprint density at radius 3 is 2.25 bits per heavy atom. The maximum atomic E-state index is 12.3. The lowest BCUT2D eigenvalue weighted by Crippen LogP contribution is -2.43. The predicted molar refractivity (Wildman–Crippen MR) is 85.8 cm³/mol. The second-order valence-corrected chi connectivity index (χ2v) is 6.15. The normalized spacial score (nSPS) is 15.7. The van der Waals surface area contributed by atoms with E-state index in [1.807, 2.05) is 13.8 Å². The first-order chi connectivity index (χ1) is 11.4. The second kappa shape index (κ2) is 8.08. The molecule has 1 aliphatic heterocycles. The highest BCUT2D eigenvalue weighted by atomic mass is 19.3. The molecule has 0 bridgehead atoms. The molecule has 0 aliphatic carbocycles. The number of nitrogens with one attached hydrogen (secondary N) is 1. The monoisotopic (exact) mass is 340 g/mol. The summed E-state index contributed by atoms with van der Waals surface area (Å²) in [6.45, 7) is 2.02. The molecule has 1 saturated heterocycles. The van der Waals surface area contributed by atoms with Crippen LogP contribution in [0.15, 0.2) is 24.3 Å². The average Bonchev–Trinajstić information content (AvgIpc) is 2.55. The number of nitrogens with zero attached hydrogens (tertiary/aromatic N) is 1. The number of carbonyl (C=O) groups excluding carboxylic acids is 2. The largest absolute Gasteiger partial charge is 0.435 e. The average molecular weight is 340 g/mol. The first-order valence-electron chi connectivity index (χ1n) is 8.01. The highest BCUT2D eigenvalue weighted by Crippen LogP contribution is 2.22. The summed E-state index contributed by atoms with van der Waals surface area (Å²) in [6, 6.07) is 5.80. The number of ether oxygens (including phenoxy) is 1. The van der Waals surface area contributed by atoms with Crippen LogP contribution in [0.3, 0.4) is 0 Å². The Bertz CT molecular complexity index is 568. The van der Waals surface area contributed by atoms with E-state index in [0.29, 0.717) is 31.6 Å². The van der Waals surface area contributed by atoms with Gasteiger partial charge in [-0.1, -0.05) is 13.8 Å². The van der Waals surface area contributed by atoms with Crippen LogP contribution < -0.4 is 10.1 Å². The van der Waals surface area contributed by atoms with E-state index in [4.69, 9.17) is 0 Å². The van der Waals surface area contributed by atoms with Gasteiger partial charge in [-0.3, -0.25) is 9.59 Å². The summed E-state index contributed by atoms with van der Waals surface area (Å²) in [5, 5.41) is 2.77. The quantitative estimate of drug-likeness (QED) is 0.896. The van der Waals surface area contributed by atoms with Crippen LogP contribution in [0.5, 0.6) is 5.75 Å². The van der Waals surface area contributed by atoms with E-state index < -0.39 is 6.61 Å². The van der Waals surface area contributed by atoms with Crippen LogP contribution in [0.2, 0.25) is 0 Å². The molecule has 5 nitrogen and oxygen atoms in total. The molecular formula is C17H22F2N2O3. The van der Waals surface area contributed by atoms with Gasteiger partial charge in [0.05, 0.1) is 0 Å². The lowest BCUT2D eigenvalue weighted by atomic mass is 9.95. The zero-order valence-electron chi connectivity index (χ0n) is 13.8. The molecule has 132 valence electrons. The van der Waals surface area contributed by atoms with E-state index >= 15 is 0 Å². The van der Waals surface area contributed by atoms with Gasteiger partial charge in [-0.05, 0) is 37.1 Å². The number of alkyl halides is 2. The van der Waals surface area contributed by atoms with Crippen LogP contribution in [-0.4, -0.2) is 36.4 Å². The van der Waals surface area contributed by atoms with Crippen molar-refractivity contribution in [3.05, 3.63) is 24.3 Å². The van der Waals surface area contributed by atoms with Gasteiger partial charge in [0.25, 0.3) is 0 Å². The number of anilines is 1. The number of halogens is 2. The number of likely N-dealkylation sites (tertiary alicyclic amines) is 1. The maximum Gasteiger partial charge on any atom is 0.387 e. The topological polar surface area (TPSA) is 58.6 Å². The highest BCUT2D eigenvalue weighted by molar-refractivity contribution is 5.92. The number of amides is 2. The van der Waals surface area contributed by atoms with Crippen molar-refractivity contribution in [1.82, 2.24) is 4.90 Å². The smallest absolute Gasteiger partial charge is 0.387 e. The summed E-state index contributed by atoms with van der Waals surface area (Å²) in [5.41, 5.74) is 0.530. The van der Waals surface area contributed by atoms with Crippen LogP contribution in [0.1, 0.15) is 26.7 Å². The summed E-state index contributed by atoms with van der Waals surface area (Å²) >= 11 is 0. The van der Waals surface area contributed by atoms with Gasteiger partial charge in [-0.2, -0.15) is 8.78 Å². The number of hydrogen-bond acceptors (Lipinski definition) is 3. The molecule has 24 heavy (non-hydrogen) atoms. The van der Waals surface area contributed by atoms with Crippen LogP contribution in [-0.2, 0) is 9.59 Å². The minimum atomic E-state index is -2.87. The molecule has 1 fully saturated rings. The van der Waals surface area contributed by atoms with Gasteiger partial charge < -0.3 is 15.0 Å². The van der Waals surface area contributed by atoms with Crippen molar-refractivity contribution in [3.8, 4) is 5.75 Å². The summed E-state index contributed by atoms with van der Waals surface area (Å²) in [4.78, 5) is 26.0. The molecule has 0 atom stereocenters. The standard InChI is InChI=1S/C17H22F2N2O3/c1-11(2)16(23)21-9-7-12(8-10-21)15(22)20-13-3-5-14(6-4-13)24-17(18)19/h3-6,11-12,17H,7-10H2,1-2H3,(H,20,22). The van der Waals surface area contributed by atoms with E-state index in [0.717, 1.165) is 0 Å². The number of rotatable bonds is 5. The fourth-order valence-corrected chi connectivity index (χ4v) is 2.69. The van der Waals surface area contributed by atoms with Crippen molar-refractivity contribution in [3.63, 3.8) is 0 Å². The van der Waals surface area contributed by atoms with Crippen molar-refractivity contribution in [2.75, 3.05) is 18.4 Å². The molecule has 1 heterocycles. The Morgan fingerprint density at radius 1 is 1.17 bits per heavy atom. The molecule has 7 heteroatoms. The summed E-state index contributed by atoms with van der Waals surface area (Å²) in [6.07, 6.45) is 1.24. The van der Waals surface area contributed by atoms with Crippen molar-refractivity contribution < 1.29 is 23.1 Å². The number of hydrogen-bond donors (Lipinski definition) is 1. The zero-order valence-corrected chi connectivity index (χ0v) is 13.8. The lowest BCUT2D eigenvalue weighted by Gasteiger charge is -2.32. The third-order valence-corrected chi connectivity index (χ3v) is 4.02. The number of piperidine rings is 1. The Labute approximate surface area is 140 Å². The minimum absolute atomic E-state index is 0.0376. The molecule has 0 unspecified atom stereocenters. The van der Waals surface area contributed by atoms with Crippen LogP contribution >= 0.6 is 0 Å². The second-order valence-electron chi connectivity index (χ2n) is 6.15. The maximum absolute atomic E-state index is 12.3. The Balaban J connectivity index is 1.84. The third kappa shape index (κ3) is 4.91. The molecule has 1 N–H and O–H groups in total. The first kappa shape index (κ1) is 18.2. The van der Waals surface area contributed by atoms with Crippen molar-refractivity contribution in [2.45, 2.75) is 33.3 Å². The van der Waals surface area contributed by atoms with E-state index in [2.05, 4.69) is 10.1 Å². The number of carbonyl (C=O) groups is 2. The molecule has 0 aromatic heterocycles. The van der Waals surface area contributed by atoms with Gasteiger partial charge >= 0.3 is 6.61 Å². The summed E-state index contributed by atoms with van der Waals surface area (Å²) in [7, 11) is 0. The summed E-state index contributed by atoms with van der Waals surface area (Å²) in [5.74, 6) is -0.149. The lowest BCUT2D eigenvalue weighted by molar-refractivity contribution is -0.137. The fraction of sp³-hybridized carbons (Fsp3) is 0.529. The molecule has 1 aromatic carbocycles. The van der Waals surface area contributed by atoms with Gasteiger partial charge in [0.15, 0.2) is 0 Å². The molecule has 1 aliphatic rings. The molecular weight excluding hydrogens is 318 g/mol. The zero-order chi connectivity index (χ0) is 17.7. The molecule has 0 radical (unpaired) electrons. The molecule has 2 amide bonds. The van der Waals surface area contributed by atoms with Crippen molar-refractivity contribution in [1.29, 1.82) is 0 Å². The highest BCUT2D eigenvalue weighted by Gasteiger charge is 2.28. The Kier molecular flexibility index (Phi) is 6.11.